The van der Waals surface area contributed by atoms with Gasteiger partial charge in [0.15, 0.2) is 11.3 Å². The van der Waals surface area contributed by atoms with Crippen molar-refractivity contribution in [3.05, 3.63) is 35.4 Å². The van der Waals surface area contributed by atoms with Crippen LogP contribution in [0.4, 0.5) is 0 Å². The molecule has 1 heterocycles. The number of morpholine rings is 1. The van der Waals surface area contributed by atoms with E-state index >= 15 is 0 Å². The number of hydrogen-bond acceptors (Lipinski definition) is 4. The lowest BCUT2D eigenvalue weighted by Crippen LogP contribution is -2.52. The maximum atomic E-state index is 6.10. The minimum atomic E-state index is -1.70. The van der Waals surface area contributed by atoms with Crippen molar-refractivity contribution in [2.45, 2.75) is 16.9 Å². The zero-order valence-corrected chi connectivity index (χ0v) is 17.1. The highest BCUT2D eigenvalue weighted by atomic mass is 35.6. The highest BCUT2D eigenvalue weighted by Crippen LogP contribution is 2.31. The van der Waals surface area contributed by atoms with Crippen LogP contribution in [0.25, 0.3) is 0 Å². The van der Waals surface area contributed by atoms with Crippen LogP contribution in [0.1, 0.15) is 11.1 Å². The summed E-state index contributed by atoms with van der Waals surface area (Å²) >= 11 is 23.7. The Kier molecular flexibility index (Phi) is 7.58. The van der Waals surface area contributed by atoms with Crippen LogP contribution >= 0.6 is 47.0 Å². The second-order valence-corrected chi connectivity index (χ2v) is 8.25. The van der Waals surface area contributed by atoms with Crippen molar-refractivity contribution in [1.82, 2.24) is 10.2 Å². The summed E-state index contributed by atoms with van der Waals surface area (Å²) in [7, 11) is 1.52. The first-order chi connectivity index (χ1) is 11.8. The van der Waals surface area contributed by atoms with Crippen LogP contribution in [-0.2, 0) is 9.47 Å². The Morgan fingerprint density at radius 1 is 1.28 bits per heavy atom. The molecule has 2 rings (SSSR count). The predicted molar refractivity (Wildman–Crippen MR) is 107 cm³/mol. The number of nitrogens with zero attached hydrogens (tertiary/aromatic N) is 2. The van der Waals surface area contributed by atoms with Crippen molar-refractivity contribution in [2.24, 2.45) is 4.99 Å². The van der Waals surface area contributed by atoms with Gasteiger partial charge in [-0.15, -0.1) is 0 Å². The van der Waals surface area contributed by atoms with Gasteiger partial charge in [-0.25, -0.2) is 4.99 Å². The molecule has 1 fully saturated rings. The smallest absolute Gasteiger partial charge is 0.230 e. The van der Waals surface area contributed by atoms with Crippen LogP contribution in [0, 0.1) is 6.92 Å². The average molecular weight is 425 g/mol. The molecular formula is C16H20Cl3N3O2S. The third-order valence-corrected chi connectivity index (χ3v) is 4.60. The molecule has 5 nitrogen and oxygen atoms in total. The number of aliphatic imine (C=N–C) groups is 1. The summed E-state index contributed by atoms with van der Waals surface area (Å²) in [5, 5.41) is 3.47. The molecule has 0 bridgehead atoms. The van der Waals surface area contributed by atoms with Crippen molar-refractivity contribution in [3.8, 4) is 0 Å². The van der Waals surface area contributed by atoms with Gasteiger partial charge in [-0.3, -0.25) is 0 Å². The van der Waals surface area contributed by atoms with E-state index in [-0.39, 0.29) is 0 Å². The van der Waals surface area contributed by atoms with Crippen molar-refractivity contribution in [2.75, 3.05) is 33.4 Å². The number of methoxy groups -OCH3 is 1. The van der Waals surface area contributed by atoms with E-state index in [4.69, 9.17) is 56.5 Å². The molecule has 0 saturated carbocycles. The summed E-state index contributed by atoms with van der Waals surface area (Å²) in [6.07, 6.45) is -0.899. The number of rotatable bonds is 3. The Morgan fingerprint density at radius 3 is 2.40 bits per heavy atom. The Balaban J connectivity index is 2.20. The molecule has 0 radical (unpaired) electrons. The molecule has 1 saturated heterocycles. The van der Waals surface area contributed by atoms with Gasteiger partial charge in [0.1, 0.15) is 0 Å². The van der Waals surface area contributed by atoms with Crippen LogP contribution in [0.15, 0.2) is 29.3 Å². The van der Waals surface area contributed by atoms with E-state index in [9.17, 15) is 0 Å². The van der Waals surface area contributed by atoms with Gasteiger partial charge in [0.25, 0.3) is 0 Å². The second-order valence-electron chi connectivity index (χ2n) is 5.50. The summed E-state index contributed by atoms with van der Waals surface area (Å²) in [5.74, 6) is 0.355. The van der Waals surface area contributed by atoms with Gasteiger partial charge in [0.05, 0.1) is 20.3 Å². The minimum Gasteiger partial charge on any atom is -0.481 e. The van der Waals surface area contributed by atoms with Gasteiger partial charge < -0.3 is 19.7 Å². The maximum Gasteiger partial charge on any atom is 0.230 e. The maximum absolute atomic E-state index is 6.10. The van der Waals surface area contributed by atoms with Gasteiger partial charge >= 0.3 is 0 Å². The first-order valence-electron chi connectivity index (χ1n) is 7.70. The molecule has 1 aromatic rings. The zero-order valence-electron chi connectivity index (χ0n) is 14.0. The summed E-state index contributed by atoms with van der Waals surface area (Å²) in [5.41, 5.74) is 1.91. The van der Waals surface area contributed by atoms with Crippen LogP contribution in [0.5, 0.6) is 0 Å². The lowest BCUT2D eigenvalue weighted by atomic mass is 10.1. The number of aryl methyl sites for hydroxylation is 1. The number of halogens is 3. The van der Waals surface area contributed by atoms with Crippen LogP contribution in [0.2, 0.25) is 0 Å². The standard InChI is InChI=1S/C16H20Cl3N3O2S/c1-11-3-5-12(6-4-11)13(23-2)20-14(16(17,18)19)21-15(25)22-7-9-24-10-8-22/h3-6,14H,7-10H2,1-2H3,(H,21,25). The van der Waals surface area contributed by atoms with E-state index in [1.165, 1.54) is 7.11 Å². The number of nitrogens with one attached hydrogen (secondary N) is 1. The minimum absolute atomic E-state index is 0.355. The first kappa shape index (κ1) is 20.5. The van der Waals surface area contributed by atoms with Crippen LogP contribution in [0.3, 0.4) is 0 Å². The zero-order chi connectivity index (χ0) is 18.4. The monoisotopic (exact) mass is 423 g/mol. The molecular weight excluding hydrogens is 405 g/mol. The number of hydrogen-bond donors (Lipinski definition) is 1. The molecule has 0 aliphatic carbocycles. The molecule has 1 unspecified atom stereocenters. The lowest BCUT2D eigenvalue weighted by molar-refractivity contribution is 0.0674. The average Bonchev–Trinajstić information content (AvgIpc) is 2.59. The van der Waals surface area contributed by atoms with E-state index in [0.29, 0.717) is 37.3 Å². The summed E-state index contributed by atoms with van der Waals surface area (Å²) in [4.78, 5) is 6.40. The third kappa shape index (κ3) is 6.15. The van der Waals surface area contributed by atoms with E-state index in [0.717, 1.165) is 11.1 Å². The number of thiocarbonyl (C=S) groups is 1. The summed E-state index contributed by atoms with van der Waals surface area (Å²) < 4.78 is 9.00. The van der Waals surface area contributed by atoms with E-state index in [2.05, 4.69) is 10.3 Å². The number of ether oxygens (including phenoxy) is 2. The van der Waals surface area contributed by atoms with Gasteiger partial charge in [0, 0.05) is 18.7 Å². The molecule has 1 aromatic carbocycles. The largest absolute Gasteiger partial charge is 0.481 e. The van der Waals surface area contributed by atoms with Gasteiger partial charge in [0.2, 0.25) is 9.69 Å². The topological polar surface area (TPSA) is 46.1 Å². The summed E-state index contributed by atoms with van der Waals surface area (Å²) in [6.45, 7) is 4.57. The Labute approximate surface area is 168 Å². The molecule has 1 aliphatic heterocycles. The van der Waals surface area contributed by atoms with Gasteiger partial charge in [-0.2, -0.15) is 0 Å². The van der Waals surface area contributed by atoms with Gasteiger partial charge in [-0.05, 0) is 31.3 Å². The fraction of sp³-hybridized carbons (Fsp3) is 0.500. The fourth-order valence-corrected chi connectivity index (χ4v) is 2.82. The van der Waals surface area contributed by atoms with Crippen molar-refractivity contribution >= 4 is 58.0 Å². The SMILES string of the molecule is COC(=NC(NC(=S)N1CCOCC1)C(Cl)(Cl)Cl)c1ccc(C)cc1. The number of benzene rings is 1. The molecule has 0 spiro atoms. The molecule has 9 heteroatoms. The Hall–Kier alpha value is -0.790. The normalized spacial score (nSPS) is 17.2. The third-order valence-electron chi connectivity index (χ3n) is 3.61. The highest BCUT2D eigenvalue weighted by Gasteiger charge is 2.35. The van der Waals surface area contributed by atoms with Crippen molar-refractivity contribution in [3.63, 3.8) is 0 Å². The van der Waals surface area contributed by atoms with E-state index < -0.39 is 9.96 Å². The molecule has 1 aliphatic rings. The van der Waals surface area contributed by atoms with E-state index in [1.54, 1.807) is 0 Å². The fourth-order valence-electron chi connectivity index (χ4n) is 2.22. The van der Waals surface area contributed by atoms with E-state index in [1.807, 2.05) is 36.1 Å². The highest BCUT2D eigenvalue weighted by molar-refractivity contribution is 7.80. The second kappa shape index (κ2) is 9.24. The summed E-state index contributed by atoms with van der Waals surface area (Å²) in [6, 6.07) is 7.71. The molecule has 1 atom stereocenters. The predicted octanol–water partition coefficient (Wildman–Crippen LogP) is 3.29. The van der Waals surface area contributed by atoms with Crippen molar-refractivity contribution < 1.29 is 9.47 Å². The van der Waals surface area contributed by atoms with Crippen molar-refractivity contribution in [1.29, 1.82) is 0 Å². The molecule has 1 N–H and O–H groups in total. The molecule has 0 aromatic heterocycles. The van der Waals surface area contributed by atoms with Gasteiger partial charge in [-0.1, -0.05) is 52.5 Å². The molecule has 0 amide bonds. The molecule has 25 heavy (non-hydrogen) atoms. The quantitative estimate of drug-likeness (QED) is 0.349. The Bertz CT molecular complexity index is 614. The van der Waals surface area contributed by atoms with Crippen LogP contribution < -0.4 is 5.32 Å². The molecule has 138 valence electrons. The Morgan fingerprint density at radius 2 is 1.88 bits per heavy atom. The first-order valence-corrected chi connectivity index (χ1v) is 9.24. The lowest BCUT2D eigenvalue weighted by Gasteiger charge is -2.32. The number of alkyl halides is 3. The van der Waals surface area contributed by atoms with Crippen LogP contribution in [-0.4, -0.2) is 59.3 Å².